The maximum Gasteiger partial charge on any atom is 0.170 e. The molecule has 1 aromatic rings. The normalized spacial score (nSPS) is 11.6. The Morgan fingerprint density at radius 1 is 1.58 bits per heavy atom. The van der Waals surface area contributed by atoms with E-state index in [9.17, 15) is 4.79 Å². The van der Waals surface area contributed by atoms with Crippen molar-refractivity contribution in [1.82, 2.24) is 9.78 Å². The number of anilines is 1. The molecule has 0 saturated carbocycles. The number of aldehydes is 1. The second-order valence-electron chi connectivity index (χ2n) is 3.69. The minimum absolute atomic E-state index is 0.201. The standard InChI is InChI=1S/C8H13N3O/c1-8(2,3)11-7(5-12)6(9)4-10-11/h4-5H,9H2,1-3H3. The van der Waals surface area contributed by atoms with Crippen molar-refractivity contribution >= 4 is 12.0 Å². The molecule has 66 valence electrons. The number of rotatable bonds is 1. The summed E-state index contributed by atoms with van der Waals surface area (Å²) in [5, 5.41) is 4.02. The molecule has 0 fully saturated rings. The molecule has 0 saturated heterocycles. The van der Waals surface area contributed by atoms with Gasteiger partial charge in [-0.25, -0.2) is 0 Å². The highest BCUT2D eigenvalue weighted by Crippen LogP contribution is 2.18. The molecule has 0 spiro atoms. The first-order valence-corrected chi connectivity index (χ1v) is 3.76. The number of aromatic nitrogens is 2. The molecule has 0 aliphatic carbocycles. The Hall–Kier alpha value is -1.32. The number of nitrogens with two attached hydrogens (primary N) is 1. The van der Waals surface area contributed by atoms with Crippen LogP contribution in [0, 0.1) is 0 Å². The zero-order valence-corrected chi connectivity index (χ0v) is 7.53. The molecule has 0 aliphatic rings. The van der Waals surface area contributed by atoms with E-state index >= 15 is 0 Å². The number of nitrogens with zero attached hydrogens (tertiary/aromatic N) is 2. The number of carbonyl (C=O) groups excluding carboxylic acids is 1. The molecule has 0 bridgehead atoms. The van der Waals surface area contributed by atoms with Gasteiger partial charge in [-0.1, -0.05) is 0 Å². The molecule has 4 nitrogen and oxygen atoms in total. The Balaban J connectivity index is 3.25. The van der Waals surface area contributed by atoms with Crippen LogP contribution in [-0.4, -0.2) is 16.1 Å². The van der Waals surface area contributed by atoms with Gasteiger partial charge in [-0.2, -0.15) is 5.10 Å². The van der Waals surface area contributed by atoms with E-state index < -0.39 is 0 Å². The predicted molar refractivity (Wildman–Crippen MR) is 47.0 cm³/mol. The van der Waals surface area contributed by atoms with E-state index in [1.165, 1.54) is 6.20 Å². The van der Waals surface area contributed by atoms with Crippen molar-refractivity contribution in [3.63, 3.8) is 0 Å². The molecule has 0 unspecified atom stereocenters. The minimum atomic E-state index is -0.201. The number of hydrogen-bond donors (Lipinski definition) is 1. The molecule has 0 atom stereocenters. The first-order chi connectivity index (χ1) is 5.46. The Morgan fingerprint density at radius 2 is 2.17 bits per heavy atom. The summed E-state index contributed by atoms with van der Waals surface area (Å²) in [6.45, 7) is 5.89. The number of carbonyl (C=O) groups is 1. The Kier molecular flexibility index (Phi) is 1.92. The fourth-order valence-corrected chi connectivity index (χ4v) is 1.02. The van der Waals surface area contributed by atoms with Crippen molar-refractivity contribution < 1.29 is 4.79 Å². The molecular weight excluding hydrogens is 154 g/mol. The van der Waals surface area contributed by atoms with Gasteiger partial charge in [0.25, 0.3) is 0 Å². The van der Waals surface area contributed by atoms with E-state index in [0.717, 1.165) is 6.29 Å². The first-order valence-electron chi connectivity index (χ1n) is 3.76. The highest BCUT2D eigenvalue weighted by Gasteiger charge is 2.18. The average molecular weight is 167 g/mol. The van der Waals surface area contributed by atoms with Crippen molar-refractivity contribution in [3.8, 4) is 0 Å². The summed E-state index contributed by atoms with van der Waals surface area (Å²) in [5.41, 5.74) is 6.21. The minimum Gasteiger partial charge on any atom is -0.396 e. The van der Waals surface area contributed by atoms with Crippen LogP contribution in [0.1, 0.15) is 31.3 Å². The van der Waals surface area contributed by atoms with Crippen molar-refractivity contribution in [2.75, 3.05) is 5.73 Å². The van der Waals surface area contributed by atoms with Crippen LogP contribution < -0.4 is 5.73 Å². The highest BCUT2D eigenvalue weighted by atomic mass is 16.1. The largest absolute Gasteiger partial charge is 0.396 e. The van der Waals surface area contributed by atoms with E-state index in [1.54, 1.807) is 4.68 Å². The summed E-state index contributed by atoms with van der Waals surface area (Å²) >= 11 is 0. The van der Waals surface area contributed by atoms with Gasteiger partial charge < -0.3 is 5.73 Å². The SMILES string of the molecule is CC(C)(C)n1ncc(N)c1C=O. The zero-order valence-electron chi connectivity index (χ0n) is 7.53. The van der Waals surface area contributed by atoms with Crippen LogP contribution >= 0.6 is 0 Å². The fourth-order valence-electron chi connectivity index (χ4n) is 1.02. The Bertz CT molecular complexity index is 296. The fraction of sp³-hybridized carbons (Fsp3) is 0.500. The van der Waals surface area contributed by atoms with E-state index in [-0.39, 0.29) is 5.54 Å². The lowest BCUT2D eigenvalue weighted by atomic mass is 10.1. The smallest absolute Gasteiger partial charge is 0.170 e. The monoisotopic (exact) mass is 167 g/mol. The molecule has 2 N–H and O–H groups in total. The van der Waals surface area contributed by atoms with Gasteiger partial charge in [0.05, 0.1) is 17.4 Å². The number of hydrogen-bond acceptors (Lipinski definition) is 3. The number of nitrogen functional groups attached to an aromatic ring is 1. The van der Waals surface area contributed by atoms with Gasteiger partial charge in [0, 0.05) is 0 Å². The molecular formula is C8H13N3O. The van der Waals surface area contributed by atoms with Gasteiger partial charge in [-0.3, -0.25) is 9.48 Å². The van der Waals surface area contributed by atoms with Crippen LogP contribution in [0.25, 0.3) is 0 Å². The molecule has 0 amide bonds. The van der Waals surface area contributed by atoms with E-state index in [4.69, 9.17) is 5.73 Å². The molecule has 1 heterocycles. The molecule has 1 aromatic heterocycles. The van der Waals surface area contributed by atoms with Gasteiger partial charge in [-0.15, -0.1) is 0 Å². The molecule has 0 aromatic carbocycles. The average Bonchev–Trinajstić information content (AvgIpc) is 2.29. The summed E-state index contributed by atoms with van der Waals surface area (Å²) in [6.07, 6.45) is 2.22. The lowest BCUT2D eigenvalue weighted by Crippen LogP contribution is -2.25. The van der Waals surface area contributed by atoms with Gasteiger partial charge in [0.2, 0.25) is 0 Å². The van der Waals surface area contributed by atoms with Gasteiger partial charge >= 0.3 is 0 Å². The lowest BCUT2D eigenvalue weighted by Gasteiger charge is -2.20. The topological polar surface area (TPSA) is 60.9 Å². The van der Waals surface area contributed by atoms with Crippen LogP contribution in [0.3, 0.4) is 0 Å². The lowest BCUT2D eigenvalue weighted by molar-refractivity contribution is 0.110. The van der Waals surface area contributed by atoms with E-state index in [1.807, 2.05) is 20.8 Å². The maximum absolute atomic E-state index is 10.6. The maximum atomic E-state index is 10.6. The predicted octanol–water partition coefficient (Wildman–Crippen LogP) is 1.03. The van der Waals surface area contributed by atoms with Crippen molar-refractivity contribution in [1.29, 1.82) is 0 Å². The second-order valence-corrected chi connectivity index (χ2v) is 3.69. The van der Waals surface area contributed by atoms with Crippen LogP contribution in [0.15, 0.2) is 6.20 Å². The molecule has 12 heavy (non-hydrogen) atoms. The molecule has 0 radical (unpaired) electrons. The third-order valence-electron chi connectivity index (χ3n) is 1.58. The summed E-state index contributed by atoms with van der Waals surface area (Å²) in [4.78, 5) is 10.6. The van der Waals surface area contributed by atoms with Gasteiger partial charge in [0.1, 0.15) is 5.69 Å². The van der Waals surface area contributed by atoms with E-state index in [2.05, 4.69) is 5.10 Å². The Labute approximate surface area is 71.4 Å². The van der Waals surface area contributed by atoms with Crippen LogP contribution in [-0.2, 0) is 5.54 Å². The zero-order chi connectivity index (χ0) is 9.35. The third-order valence-corrected chi connectivity index (χ3v) is 1.58. The van der Waals surface area contributed by atoms with Crippen LogP contribution in [0.5, 0.6) is 0 Å². The summed E-state index contributed by atoms with van der Waals surface area (Å²) in [7, 11) is 0. The first kappa shape index (κ1) is 8.77. The summed E-state index contributed by atoms with van der Waals surface area (Å²) in [6, 6.07) is 0. The summed E-state index contributed by atoms with van der Waals surface area (Å²) in [5.74, 6) is 0. The van der Waals surface area contributed by atoms with Gasteiger partial charge in [-0.05, 0) is 20.8 Å². The van der Waals surface area contributed by atoms with Gasteiger partial charge in [0.15, 0.2) is 6.29 Å². The second kappa shape index (κ2) is 2.62. The Morgan fingerprint density at radius 3 is 2.50 bits per heavy atom. The third kappa shape index (κ3) is 1.32. The van der Waals surface area contributed by atoms with Crippen molar-refractivity contribution in [3.05, 3.63) is 11.9 Å². The molecule has 4 heteroatoms. The van der Waals surface area contributed by atoms with Crippen molar-refractivity contribution in [2.24, 2.45) is 0 Å². The van der Waals surface area contributed by atoms with Crippen LogP contribution in [0.2, 0.25) is 0 Å². The van der Waals surface area contributed by atoms with E-state index in [0.29, 0.717) is 11.4 Å². The highest BCUT2D eigenvalue weighted by molar-refractivity contribution is 5.80. The van der Waals surface area contributed by atoms with Crippen LogP contribution in [0.4, 0.5) is 5.69 Å². The molecule has 0 aliphatic heterocycles. The quantitative estimate of drug-likeness (QED) is 0.635. The van der Waals surface area contributed by atoms with Crippen molar-refractivity contribution in [2.45, 2.75) is 26.3 Å². The molecule has 1 rings (SSSR count). The summed E-state index contributed by atoms with van der Waals surface area (Å²) < 4.78 is 1.62.